The van der Waals surface area contributed by atoms with Crippen LogP contribution in [0.2, 0.25) is 0 Å². The lowest BCUT2D eigenvalue weighted by Crippen LogP contribution is -2.42. The number of hydrogen-bond donors (Lipinski definition) is 2. The van der Waals surface area contributed by atoms with Crippen molar-refractivity contribution >= 4 is 5.91 Å². The van der Waals surface area contributed by atoms with Crippen molar-refractivity contribution in [2.45, 2.75) is 32.7 Å². The first-order chi connectivity index (χ1) is 9.63. The smallest absolute Gasteiger partial charge is 0.234 e. The fourth-order valence-corrected chi connectivity index (χ4v) is 2.01. The van der Waals surface area contributed by atoms with Crippen LogP contribution in [0.4, 0.5) is 0 Å². The Hall–Kier alpha value is -1.55. The van der Waals surface area contributed by atoms with Gasteiger partial charge in [-0.3, -0.25) is 4.79 Å². The molecule has 1 fully saturated rings. The van der Waals surface area contributed by atoms with E-state index in [4.69, 9.17) is 4.74 Å². The topological polar surface area (TPSA) is 50.4 Å². The molecule has 1 unspecified atom stereocenters. The number of carbonyl (C=O) groups excluding carboxylic acids is 1. The minimum absolute atomic E-state index is 0.00531. The highest BCUT2D eigenvalue weighted by Gasteiger charge is 2.20. The normalized spacial score (nSPS) is 15.7. The summed E-state index contributed by atoms with van der Waals surface area (Å²) in [6.07, 6.45) is 2.60. The van der Waals surface area contributed by atoms with Gasteiger partial charge in [-0.25, -0.2) is 0 Å². The van der Waals surface area contributed by atoms with E-state index in [0.717, 1.165) is 18.2 Å². The summed E-state index contributed by atoms with van der Waals surface area (Å²) in [5.74, 6) is 1.67. The van der Waals surface area contributed by atoms with Gasteiger partial charge in [0.15, 0.2) is 0 Å². The molecule has 0 saturated heterocycles. The van der Waals surface area contributed by atoms with Crippen LogP contribution in [0.15, 0.2) is 24.3 Å². The molecular formula is C16H24N2O2. The molecule has 1 aliphatic carbocycles. The highest BCUT2D eigenvalue weighted by atomic mass is 16.5. The van der Waals surface area contributed by atoms with E-state index < -0.39 is 0 Å². The Bertz CT molecular complexity index is 444. The molecule has 1 aromatic carbocycles. The molecule has 0 radical (unpaired) electrons. The van der Waals surface area contributed by atoms with Crippen LogP contribution in [-0.4, -0.2) is 31.6 Å². The van der Waals surface area contributed by atoms with Gasteiger partial charge >= 0.3 is 0 Å². The van der Waals surface area contributed by atoms with Crippen LogP contribution in [0, 0.1) is 12.8 Å². The molecular weight excluding hydrogens is 252 g/mol. The van der Waals surface area contributed by atoms with Crippen LogP contribution in [0.25, 0.3) is 0 Å². The lowest BCUT2D eigenvalue weighted by Gasteiger charge is -2.15. The molecule has 2 rings (SSSR count). The fraction of sp³-hybridized carbons (Fsp3) is 0.562. The monoisotopic (exact) mass is 276 g/mol. The van der Waals surface area contributed by atoms with Gasteiger partial charge in [0.25, 0.3) is 0 Å². The Morgan fingerprint density at radius 2 is 2.25 bits per heavy atom. The third-order valence-corrected chi connectivity index (χ3v) is 3.31. The maximum absolute atomic E-state index is 11.7. The summed E-state index contributed by atoms with van der Waals surface area (Å²) < 4.78 is 5.67. The molecule has 0 aromatic heterocycles. The van der Waals surface area contributed by atoms with Gasteiger partial charge in [-0.15, -0.1) is 0 Å². The second kappa shape index (κ2) is 7.29. The molecule has 1 saturated carbocycles. The Morgan fingerprint density at radius 1 is 1.45 bits per heavy atom. The Kier molecular flexibility index (Phi) is 5.41. The zero-order valence-corrected chi connectivity index (χ0v) is 12.3. The summed E-state index contributed by atoms with van der Waals surface area (Å²) in [7, 11) is 0. The van der Waals surface area contributed by atoms with Crippen LogP contribution in [-0.2, 0) is 4.79 Å². The standard InChI is InChI=1S/C16H24N2O2/c1-12-4-3-5-15(8-12)20-11-13(2)18-16(19)10-17-9-14-6-7-14/h3-5,8,13-14,17H,6-7,9-11H2,1-2H3,(H,18,19). The maximum Gasteiger partial charge on any atom is 0.234 e. The number of amides is 1. The molecule has 1 aromatic rings. The van der Waals surface area contributed by atoms with E-state index in [-0.39, 0.29) is 11.9 Å². The van der Waals surface area contributed by atoms with Crippen molar-refractivity contribution in [3.8, 4) is 5.75 Å². The van der Waals surface area contributed by atoms with Crippen molar-refractivity contribution in [3.63, 3.8) is 0 Å². The van der Waals surface area contributed by atoms with Crippen LogP contribution < -0.4 is 15.4 Å². The molecule has 1 amide bonds. The Morgan fingerprint density at radius 3 is 2.95 bits per heavy atom. The Labute approximate surface area is 120 Å². The first-order valence-electron chi connectivity index (χ1n) is 7.33. The third kappa shape index (κ3) is 5.61. The average Bonchev–Trinajstić information content (AvgIpc) is 3.20. The number of carbonyl (C=O) groups is 1. The van der Waals surface area contributed by atoms with Gasteiger partial charge in [-0.1, -0.05) is 12.1 Å². The maximum atomic E-state index is 11.7. The zero-order chi connectivity index (χ0) is 14.4. The molecule has 0 spiro atoms. The molecule has 0 bridgehead atoms. The van der Waals surface area contributed by atoms with Crippen molar-refractivity contribution in [3.05, 3.63) is 29.8 Å². The van der Waals surface area contributed by atoms with E-state index >= 15 is 0 Å². The van der Waals surface area contributed by atoms with E-state index in [1.54, 1.807) is 0 Å². The fourth-order valence-electron chi connectivity index (χ4n) is 2.01. The van der Waals surface area contributed by atoms with E-state index in [1.807, 2.05) is 38.1 Å². The summed E-state index contributed by atoms with van der Waals surface area (Å²) in [5, 5.41) is 6.11. The van der Waals surface area contributed by atoms with Crippen molar-refractivity contribution < 1.29 is 9.53 Å². The first-order valence-corrected chi connectivity index (χ1v) is 7.33. The first kappa shape index (κ1) is 14.9. The molecule has 2 N–H and O–H groups in total. The molecule has 1 atom stereocenters. The molecule has 1 aliphatic rings. The highest BCUT2D eigenvalue weighted by molar-refractivity contribution is 5.78. The SMILES string of the molecule is Cc1cccc(OCC(C)NC(=O)CNCC2CC2)c1. The lowest BCUT2D eigenvalue weighted by molar-refractivity contribution is -0.121. The Balaban J connectivity index is 1.61. The molecule has 0 aliphatic heterocycles. The minimum Gasteiger partial charge on any atom is -0.491 e. The van der Waals surface area contributed by atoms with Crippen LogP contribution in [0.5, 0.6) is 5.75 Å². The second-order valence-corrected chi connectivity index (χ2v) is 5.67. The predicted octanol–water partition coefficient (Wildman–Crippen LogP) is 1.88. The summed E-state index contributed by atoms with van der Waals surface area (Å²) in [6, 6.07) is 7.93. The van der Waals surface area contributed by atoms with Gasteiger partial charge in [0.2, 0.25) is 5.91 Å². The van der Waals surface area contributed by atoms with Gasteiger partial charge in [-0.2, -0.15) is 0 Å². The van der Waals surface area contributed by atoms with E-state index in [1.165, 1.54) is 18.4 Å². The van der Waals surface area contributed by atoms with Gasteiger partial charge in [-0.05, 0) is 56.8 Å². The summed E-state index contributed by atoms with van der Waals surface area (Å²) in [5.41, 5.74) is 1.17. The van der Waals surface area contributed by atoms with Crippen LogP contribution in [0.3, 0.4) is 0 Å². The van der Waals surface area contributed by atoms with E-state index in [2.05, 4.69) is 10.6 Å². The van der Waals surface area contributed by atoms with Crippen molar-refractivity contribution in [2.75, 3.05) is 19.7 Å². The van der Waals surface area contributed by atoms with Crippen molar-refractivity contribution in [2.24, 2.45) is 5.92 Å². The molecule has 110 valence electrons. The number of rotatable bonds is 8. The summed E-state index contributed by atoms with van der Waals surface area (Å²) in [6.45, 7) is 5.82. The zero-order valence-electron chi connectivity index (χ0n) is 12.3. The molecule has 20 heavy (non-hydrogen) atoms. The number of aryl methyl sites for hydroxylation is 1. The molecule has 4 nitrogen and oxygen atoms in total. The van der Waals surface area contributed by atoms with Gasteiger partial charge in [0.1, 0.15) is 12.4 Å². The van der Waals surface area contributed by atoms with Crippen molar-refractivity contribution in [1.29, 1.82) is 0 Å². The average molecular weight is 276 g/mol. The van der Waals surface area contributed by atoms with E-state index in [9.17, 15) is 4.79 Å². The number of hydrogen-bond acceptors (Lipinski definition) is 3. The largest absolute Gasteiger partial charge is 0.491 e. The summed E-state index contributed by atoms with van der Waals surface area (Å²) in [4.78, 5) is 11.7. The third-order valence-electron chi connectivity index (χ3n) is 3.31. The van der Waals surface area contributed by atoms with Crippen LogP contribution in [0.1, 0.15) is 25.3 Å². The second-order valence-electron chi connectivity index (χ2n) is 5.67. The van der Waals surface area contributed by atoms with Gasteiger partial charge < -0.3 is 15.4 Å². The quantitative estimate of drug-likeness (QED) is 0.762. The number of nitrogens with one attached hydrogen (secondary N) is 2. The highest BCUT2D eigenvalue weighted by Crippen LogP contribution is 2.27. The van der Waals surface area contributed by atoms with E-state index in [0.29, 0.717) is 13.2 Å². The van der Waals surface area contributed by atoms with Gasteiger partial charge in [0, 0.05) is 0 Å². The predicted molar refractivity (Wildman–Crippen MR) is 79.9 cm³/mol. The minimum atomic E-state index is 0.00531. The molecule has 0 heterocycles. The van der Waals surface area contributed by atoms with Gasteiger partial charge in [0.05, 0.1) is 12.6 Å². The molecule has 4 heteroatoms. The van der Waals surface area contributed by atoms with Crippen molar-refractivity contribution in [1.82, 2.24) is 10.6 Å². The van der Waals surface area contributed by atoms with Crippen LogP contribution >= 0.6 is 0 Å². The summed E-state index contributed by atoms with van der Waals surface area (Å²) >= 11 is 0. The lowest BCUT2D eigenvalue weighted by atomic mass is 10.2. The number of ether oxygens (including phenoxy) is 1. The number of benzene rings is 1.